The second-order valence-electron chi connectivity index (χ2n) is 4.09. The van der Waals surface area contributed by atoms with Crippen LogP contribution in [0.15, 0.2) is 6.20 Å². The predicted molar refractivity (Wildman–Crippen MR) is 59.8 cm³/mol. The quantitative estimate of drug-likeness (QED) is 0.576. The van der Waals surface area contributed by atoms with E-state index in [9.17, 15) is 0 Å². The fourth-order valence-corrected chi connectivity index (χ4v) is 3.00. The molecule has 0 N–H and O–H groups in total. The first-order valence-corrected chi connectivity index (χ1v) is 6.42. The average molecular weight is 231 g/mol. The van der Waals surface area contributed by atoms with E-state index in [1.54, 1.807) is 0 Å². The van der Waals surface area contributed by atoms with Crippen molar-refractivity contribution in [3.8, 4) is 0 Å². The summed E-state index contributed by atoms with van der Waals surface area (Å²) in [7, 11) is 0. The van der Waals surface area contributed by atoms with Gasteiger partial charge in [0.05, 0.1) is 23.6 Å². The molecule has 2 nitrogen and oxygen atoms in total. The summed E-state index contributed by atoms with van der Waals surface area (Å²) in [6, 6.07) is 0. The van der Waals surface area contributed by atoms with Gasteiger partial charge in [-0.2, -0.15) is 8.75 Å². The number of rotatable bonds is 2. The Morgan fingerprint density at radius 2 is 2.29 bits per heavy atom. The summed E-state index contributed by atoms with van der Waals surface area (Å²) in [6.45, 7) is 0. The Bertz CT molecular complexity index is 263. The molecule has 78 valence electrons. The molecule has 0 spiro atoms. The molecule has 2 rings (SSSR count). The van der Waals surface area contributed by atoms with E-state index in [2.05, 4.69) is 8.75 Å². The summed E-state index contributed by atoms with van der Waals surface area (Å²) in [5.41, 5.74) is 1.14. The minimum absolute atomic E-state index is 0.383. The number of alkyl halides is 1. The van der Waals surface area contributed by atoms with Crippen molar-refractivity contribution >= 4 is 23.3 Å². The summed E-state index contributed by atoms with van der Waals surface area (Å²) >= 11 is 7.52. The van der Waals surface area contributed by atoms with Crippen LogP contribution in [0.3, 0.4) is 0 Å². The maximum atomic E-state index is 6.22. The lowest BCUT2D eigenvalue weighted by Crippen LogP contribution is -2.08. The zero-order valence-electron chi connectivity index (χ0n) is 8.16. The molecule has 2 unspecified atom stereocenters. The monoisotopic (exact) mass is 230 g/mol. The molecule has 0 radical (unpaired) electrons. The highest BCUT2D eigenvalue weighted by atomic mass is 35.5. The Balaban J connectivity index is 1.90. The third-order valence-electron chi connectivity index (χ3n) is 2.87. The summed E-state index contributed by atoms with van der Waals surface area (Å²) in [4.78, 5) is 0. The summed E-state index contributed by atoms with van der Waals surface area (Å²) < 4.78 is 8.28. The lowest BCUT2D eigenvalue weighted by molar-refractivity contribution is 0.457. The smallest absolute Gasteiger partial charge is 0.0745 e. The molecule has 0 amide bonds. The molecule has 0 saturated heterocycles. The van der Waals surface area contributed by atoms with Crippen LogP contribution in [0, 0.1) is 5.92 Å². The van der Waals surface area contributed by atoms with Gasteiger partial charge < -0.3 is 0 Å². The van der Waals surface area contributed by atoms with Crippen molar-refractivity contribution < 1.29 is 0 Å². The Morgan fingerprint density at radius 3 is 3.07 bits per heavy atom. The van der Waals surface area contributed by atoms with Gasteiger partial charge in [-0.05, 0) is 25.2 Å². The Labute approximate surface area is 94.0 Å². The van der Waals surface area contributed by atoms with Gasteiger partial charge in [-0.25, -0.2) is 0 Å². The molecule has 1 aromatic rings. The summed E-state index contributed by atoms with van der Waals surface area (Å²) in [5, 5.41) is 0.383. The Kier molecular flexibility index (Phi) is 3.76. The van der Waals surface area contributed by atoms with E-state index in [0.717, 1.165) is 24.5 Å². The first kappa shape index (κ1) is 10.4. The standard InChI is InChI=1S/C10H15ClN2S/c11-9-4-2-1-3-8(5-9)6-10-7-12-14-13-10/h7-9H,1-6H2. The zero-order chi connectivity index (χ0) is 9.80. The first-order chi connectivity index (χ1) is 6.84. The first-order valence-electron chi connectivity index (χ1n) is 5.25. The third-order valence-corrected chi connectivity index (χ3v) is 3.79. The maximum absolute atomic E-state index is 6.22. The fourth-order valence-electron chi connectivity index (χ4n) is 2.15. The number of hydrogen-bond acceptors (Lipinski definition) is 3. The van der Waals surface area contributed by atoms with Gasteiger partial charge in [0, 0.05) is 5.38 Å². The van der Waals surface area contributed by atoms with Crippen molar-refractivity contribution in [1.82, 2.24) is 8.75 Å². The van der Waals surface area contributed by atoms with Gasteiger partial charge in [0.1, 0.15) is 0 Å². The molecule has 1 saturated carbocycles. The van der Waals surface area contributed by atoms with E-state index in [-0.39, 0.29) is 0 Å². The number of aromatic nitrogens is 2. The van der Waals surface area contributed by atoms with Crippen LogP contribution in [-0.4, -0.2) is 14.1 Å². The second kappa shape index (κ2) is 5.08. The molecular weight excluding hydrogens is 216 g/mol. The number of halogens is 1. The Hall–Kier alpha value is -0.150. The van der Waals surface area contributed by atoms with Crippen molar-refractivity contribution in [2.45, 2.75) is 43.9 Å². The molecule has 0 aliphatic heterocycles. The van der Waals surface area contributed by atoms with Gasteiger partial charge in [-0.3, -0.25) is 0 Å². The van der Waals surface area contributed by atoms with E-state index < -0.39 is 0 Å². The summed E-state index contributed by atoms with van der Waals surface area (Å²) in [5.74, 6) is 0.726. The minimum Gasteiger partial charge on any atom is -0.181 e. The highest BCUT2D eigenvalue weighted by Gasteiger charge is 2.19. The maximum Gasteiger partial charge on any atom is 0.0745 e. The van der Waals surface area contributed by atoms with E-state index in [0.29, 0.717) is 5.38 Å². The molecule has 4 heteroatoms. The van der Waals surface area contributed by atoms with Crippen LogP contribution in [0.5, 0.6) is 0 Å². The topological polar surface area (TPSA) is 25.8 Å². The van der Waals surface area contributed by atoms with Crippen molar-refractivity contribution in [3.63, 3.8) is 0 Å². The normalized spacial score (nSPS) is 28.6. The lowest BCUT2D eigenvalue weighted by Gasteiger charge is -2.13. The van der Waals surface area contributed by atoms with Crippen LogP contribution >= 0.6 is 23.3 Å². The lowest BCUT2D eigenvalue weighted by atomic mass is 9.95. The van der Waals surface area contributed by atoms with Gasteiger partial charge in [0.25, 0.3) is 0 Å². The van der Waals surface area contributed by atoms with Crippen molar-refractivity contribution in [2.24, 2.45) is 5.92 Å². The average Bonchev–Trinajstić information content (AvgIpc) is 2.56. The minimum atomic E-state index is 0.383. The van der Waals surface area contributed by atoms with Crippen molar-refractivity contribution in [3.05, 3.63) is 11.9 Å². The SMILES string of the molecule is ClC1CCCCC(Cc2cnsn2)C1. The molecule has 2 atom stereocenters. The fraction of sp³-hybridized carbons (Fsp3) is 0.800. The van der Waals surface area contributed by atoms with Crippen LogP contribution in [0.2, 0.25) is 0 Å². The Morgan fingerprint density at radius 1 is 1.43 bits per heavy atom. The van der Waals surface area contributed by atoms with E-state index in [4.69, 9.17) is 11.6 Å². The largest absolute Gasteiger partial charge is 0.181 e. The molecule has 1 fully saturated rings. The van der Waals surface area contributed by atoms with Crippen LogP contribution < -0.4 is 0 Å². The van der Waals surface area contributed by atoms with Gasteiger partial charge >= 0.3 is 0 Å². The van der Waals surface area contributed by atoms with Crippen molar-refractivity contribution in [1.29, 1.82) is 0 Å². The van der Waals surface area contributed by atoms with E-state index in [1.807, 2.05) is 6.20 Å². The molecule has 14 heavy (non-hydrogen) atoms. The van der Waals surface area contributed by atoms with Gasteiger partial charge in [0.15, 0.2) is 0 Å². The molecule has 0 aromatic carbocycles. The van der Waals surface area contributed by atoms with Crippen LogP contribution in [0.4, 0.5) is 0 Å². The van der Waals surface area contributed by atoms with Crippen LogP contribution in [-0.2, 0) is 6.42 Å². The highest BCUT2D eigenvalue weighted by molar-refractivity contribution is 6.99. The molecular formula is C10H15ClN2S. The molecule has 0 bridgehead atoms. The van der Waals surface area contributed by atoms with Gasteiger partial charge in [-0.1, -0.05) is 19.3 Å². The second-order valence-corrected chi connectivity index (χ2v) is 5.26. The number of nitrogens with zero attached hydrogens (tertiary/aromatic N) is 2. The highest BCUT2D eigenvalue weighted by Crippen LogP contribution is 2.28. The summed E-state index contributed by atoms with van der Waals surface area (Å²) in [6.07, 6.45) is 9.22. The van der Waals surface area contributed by atoms with Crippen LogP contribution in [0.25, 0.3) is 0 Å². The molecule has 1 aliphatic carbocycles. The van der Waals surface area contributed by atoms with Gasteiger partial charge in [0.2, 0.25) is 0 Å². The third kappa shape index (κ3) is 2.92. The van der Waals surface area contributed by atoms with E-state index in [1.165, 1.54) is 37.4 Å². The molecule has 1 aromatic heterocycles. The zero-order valence-corrected chi connectivity index (χ0v) is 9.73. The van der Waals surface area contributed by atoms with Crippen molar-refractivity contribution in [2.75, 3.05) is 0 Å². The number of hydrogen-bond donors (Lipinski definition) is 0. The van der Waals surface area contributed by atoms with Crippen LogP contribution in [0.1, 0.15) is 37.8 Å². The predicted octanol–water partition coefficient (Wildman–Crippen LogP) is 3.27. The molecule has 1 aliphatic rings. The van der Waals surface area contributed by atoms with E-state index >= 15 is 0 Å². The molecule has 1 heterocycles. The van der Waals surface area contributed by atoms with Gasteiger partial charge in [-0.15, -0.1) is 11.6 Å².